The molecule has 0 fully saturated rings. The summed E-state index contributed by atoms with van der Waals surface area (Å²) < 4.78 is 10.4. The minimum atomic E-state index is 0.158. The highest BCUT2D eigenvalue weighted by molar-refractivity contribution is 7.36. The second-order valence-corrected chi connectivity index (χ2v) is 39.3. The highest BCUT2D eigenvalue weighted by Crippen LogP contribution is 2.57. The van der Waals surface area contributed by atoms with Crippen LogP contribution in [0.5, 0.6) is 0 Å². The van der Waals surface area contributed by atoms with Crippen molar-refractivity contribution >= 4 is 149 Å². The van der Waals surface area contributed by atoms with Crippen LogP contribution in [-0.4, -0.2) is 0 Å². The summed E-state index contributed by atoms with van der Waals surface area (Å²) in [6, 6.07) is 32.2. The molecule has 0 saturated heterocycles. The third-order valence-corrected chi connectivity index (χ3v) is 32.6. The lowest BCUT2D eigenvalue weighted by atomic mass is 9.87. The fraction of sp³-hybridized carbons (Fsp3) is 0.580. The van der Waals surface area contributed by atoms with Crippen molar-refractivity contribution in [3.63, 3.8) is 0 Å². The van der Waals surface area contributed by atoms with Crippen LogP contribution in [0.2, 0.25) is 0 Å². The van der Waals surface area contributed by atoms with Gasteiger partial charge in [0.05, 0.1) is 29.6 Å². The zero-order chi connectivity index (χ0) is 74.8. The van der Waals surface area contributed by atoms with Gasteiger partial charge in [-0.2, -0.15) is 0 Å². The lowest BCUT2D eigenvalue weighted by Gasteiger charge is -2.19. The van der Waals surface area contributed by atoms with Gasteiger partial charge in [-0.25, -0.2) is 0 Å². The first-order valence-electron chi connectivity index (χ1n) is 44.9. The Morgan fingerprint density at radius 2 is 0.556 bits per heavy atom. The Labute approximate surface area is 675 Å². The Balaban J connectivity index is 0.990. The maximum Gasteiger partial charge on any atom is 0.196 e. The summed E-state index contributed by atoms with van der Waals surface area (Å²) in [5.74, 6) is 0.855. The van der Waals surface area contributed by atoms with Crippen molar-refractivity contribution in [2.45, 2.75) is 374 Å². The Morgan fingerprint density at radius 3 is 0.926 bits per heavy atom. The smallest absolute Gasteiger partial charge is 0.196 e. The maximum absolute atomic E-state index is 16.1. The minimum absolute atomic E-state index is 0.158. The molecule has 8 heteroatoms. The molecule has 0 spiro atoms. The van der Waals surface area contributed by atoms with Gasteiger partial charge in [0, 0.05) is 59.9 Å². The van der Waals surface area contributed by atoms with Gasteiger partial charge < -0.3 is 0 Å². The van der Waals surface area contributed by atoms with Gasteiger partial charge in [-0.3, -0.25) is 9.59 Å². The molecule has 582 valence electrons. The molecule has 0 aliphatic heterocycles. The zero-order valence-electron chi connectivity index (χ0n) is 67.9. The summed E-state index contributed by atoms with van der Waals surface area (Å²) in [6.45, 7) is 14.0. The summed E-state index contributed by atoms with van der Waals surface area (Å²) in [7, 11) is 0. The SMILES string of the molecule is CCCCCCCCCCCCc1c2cc(-c3sc4c(sc5c6cc7c(=O)c8c9sc(-c%10ccccc%10)c(C(CCCCCCC)CCCCCCCCC)c9sc8c7cc6c(=O)c45)c3C(CCCCCCC)CCCCCCCCC)sc2c(CCCCCCCCCCCC)c2cc(-c3ccccc3)sc12. The number of benzene rings is 4. The summed E-state index contributed by atoms with van der Waals surface area (Å²) >= 11 is 11.9. The quantitative estimate of drug-likeness (QED) is 0.0356. The molecule has 0 aliphatic rings. The molecule has 6 aromatic carbocycles. The largest absolute Gasteiger partial charge is 0.288 e. The average molecular weight is 1560 g/mol. The monoisotopic (exact) mass is 1560 g/mol. The van der Waals surface area contributed by atoms with Gasteiger partial charge >= 0.3 is 0 Å². The van der Waals surface area contributed by atoms with Crippen LogP contribution in [-0.2, 0) is 12.8 Å². The van der Waals surface area contributed by atoms with Gasteiger partial charge in [0.25, 0.3) is 0 Å². The fourth-order valence-corrected chi connectivity index (χ4v) is 27.2. The third-order valence-electron chi connectivity index (χ3n) is 24.7. The van der Waals surface area contributed by atoms with Gasteiger partial charge in [0.1, 0.15) is 0 Å². The molecule has 2 atom stereocenters. The van der Waals surface area contributed by atoms with Gasteiger partial charge in [-0.15, -0.1) is 68.0 Å². The highest BCUT2D eigenvalue weighted by Gasteiger charge is 2.32. The molecule has 0 N–H and O–H groups in total. The summed E-state index contributed by atoms with van der Waals surface area (Å²) in [5, 5.41) is 8.45. The number of hydrogen-bond donors (Lipinski definition) is 0. The van der Waals surface area contributed by atoms with Crippen LogP contribution in [0.3, 0.4) is 0 Å². The lowest BCUT2D eigenvalue weighted by molar-refractivity contribution is 0.490. The van der Waals surface area contributed by atoms with Gasteiger partial charge in [0.2, 0.25) is 0 Å². The molecular formula is C100H134O2S6. The number of thiophene rings is 6. The predicted molar refractivity (Wildman–Crippen MR) is 494 cm³/mol. The predicted octanol–water partition coefficient (Wildman–Crippen LogP) is 36.0. The van der Waals surface area contributed by atoms with E-state index >= 15 is 9.59 Å². The zero-order valence-corrected chi connectivity index (χ0v) is 72.8. The van der Waals surface area contributed by atoms with E-state index in [9.17, 15) is 0 Å². The topological polar surface area (TPSA) is 34.1 Å². The number of hydrogen-bond acceptors (Lipinski definition) is 8. The van der Waals surface area contributed by atoms with Crippen LogP contribution in [0.1, 0.15) is 384 Å². The number of fused-ring (bicyclic) bond motifs is 12. The Hall–Kier alpha value is -4.54. The molecule has 12 rings (SSSR count). The molecule has 0 saturated carbocycles. The second kappa shape index (κ2) is 43.6. The first-order chi connectivity index (χ1) is 53.3. The van der Waals surface area contributed by atoms with Crippen molar-refractivity contribution in [3.05, 3.63) is 128 Å². The molecule has 2 unspecified atom stereocenters. The van der Waals surface area contributed by atoms with Crippen LogP contribution in [0.15, 0.2) is 94.5 Å². The molecule has 0 radical (unpaired) electrons. The van der Waals surface area contributed by atoms with Crippen molar-refractivity contribution in [1.82, 2.24) is 0 Å². The molecule has 6 heterocycles. The van der Waals surface area contributed by atoms with Crippen molar-refractivity contribution < 1.29 is 0 Å². The van der Waals surface area contributed by atoms with Crippen LogP contribution < -0.4 is 10.9 Å². The second-order valence-electron chi connectivity index (χ2n) is 33.1. The van der Waals surface area contributed by atoms with E-state index in [0.29, 0.717) is 11.8 Å². The molecule has 0 amide bonds. The van der Waals surface area contributed by atoms with Crippen LogP contribution >= 0.6 is 68.0 Å². The van der Waals surface area contributed by atoms with Gasteiger partial charge in [-0.1, -0.05) is 372 Å². The molecule has 6 aromatic heterocycles. The minimum Gasteiger partial charge on any atom is -0.288 e. The first-order valence-corrected chi connectivity index (χ1v) is 49.8. The maximum atomic E-state index is 16.1. The van der Waals surface area contributed by atoms with E-state index in [-0.39, 0.29) is 10.9 Å². The van der Waals surface area contributed by atoms with Crippen molar-refractivity contribution in [2.75, 3.05) is 0 Å². The Bertz CT molecular complexity index is 4680. The molecule has 0 bridgehead atoms. The normalized spacial score (nSPS) is 12.9. The highest BCUT2D eigenvalue weighted by atomic mass is 32.1. The van der Waals surface area contributed by atoms with Crippen LogP contribution in [0.4, 0.5) is 0 Å². The van der Waals surface area contributed by atoms with E-state index in [1.807, 2.05) is 45.3 Å². The van der Waals surface area contributed by atoms with E-state index in [0.717, 1.165) is 54.6 Å². The summed E-state index contributed by atoms with van der Waals surface area (Å²) in [4.78, 5) is 37.4. The third kappa shape index (κ3) is 20.5. The standard InChI is InChI=1S/C100H134O2S6/c1-7-13-19-25-29-31-33-37-43-55-65-75-81-69-83(71-57-51-45-52-58-71)103-92(81)76(66-56-44-38-34-32-30-26-20-14-8-2)82-70-84(104-93(75)82)96-86(73(61-48-40-24-18-12-6)62-50-42-36-28-22-16-10-4)98-100(108-96)88-90(102)78-68-79-77(67-80(78)95(88)107-98)89(101)87-94(79)106-97-85(91(105-99(87)97)74-63-53-46-54-64-74)72(59-47-39-23-17-11-5)60-49-41-35-27-21-15-9-3/h45-46,51-54,57-58,63-64,67-70,72-73H,7-44,47-50,55-56,59-62,65-66H2,1-6H3. The summed E-state index contributed by atoms with van der Waals surface area (Å²) in [6.07, 6.45) is 65.0. The van der Waals surface area contributed by atoms with Gasteiger partial charge in [-0.05, 0) is 132 Å². The van der Waals surface area contributed by atoms with E-state index in [1.165, 1.54) is 383 Å². The average Bonchev–Trinajstić information content (AvgIpc) is 1.53. The lowest BCUT2D eigenvalue weighted by Crippen LogP contribution is -2.01. The van der Waals surface area contributed by atoms with Gasteiger partial charge in [0.15, 0.2) is 10.9 Å². The number of rotatable bonds is 55. The Kier molecular flexibility index (Phi) is 33.5. The molecular weight excluding hydrogens is 1430 g/mol. The van der Waals surface area contributed by atoms with E-state index in [4.69, 9.17) is 0 Å². The molecule has 2 nitrogen and oxygen atoms in total. The van der Waals surface area contributed by atoms with Crippen molar-refractivity contribution in [3.8, 4) is 30.6 Å². The molecule has 12 aromatic rings. The van der Waals surface area contributed by atoms with E-state index in [1.54, 1.807) is 16.7 Å². The number of unbranched alkanes of at least 4 members (excludes halogenated alkanes) is 38. The van der Waals surface area contributed by atoms with Crippen LogP contribution in [0.25, 0.3) is 111 Å². The van der Waals surface area contributed by atoms with Crippen molar-refractivity contribution in [2.24, 2.45) is 0 Å². The van der Waals surface area contributed by atoms with Crippen molar-refractivity contribution in [1.29, 1.82) is 0 Å². The van der Waals surface area contributed by atoms with Crippen LogP contribution in [0, 0.1) is 0 Å². The summed E-state index contributed by atoms with van der Waals surface area (Å²) in [5.41, 5.74) is 9.18. The van der Waals surface area contributed by atoms with E-state index < -0.39 is 0 Å². The molecule has 0 aliphatic carbocycles. The fourth-order valence-electron chi connectivity index (χ4n) is 18.4. The Morgan fingerprint density at radius 1 is 0.250 bits per heavy atom. The van der Waals surface area contributed by atoms with E-state index in [2.05, 4.69) is 149 Å². The first kappa shape index (κ1) is 82.9. The molecule has 108 heavy (non-hydrogen) atoms. The number of aryl methyl sites for hydroxylation is 2.